The average Bonchev–Trinajstić information content (AvgIpc) is 2.67. The number of hydrogen-bond donors (Lipinski definition) is 1. The van der Waals surface area contributed by atoms with Gasteiger partial charge in [0.2, 0.25) is 15.9 Å². The van der Waals surface area contributed by atoms with Gasteiger partial charge >= 0.3 is 0 Å². The van der Waals surface area contributed by atoms with Crippen molar-refractivity contribution in [3.05, 3.63) is 58.4 Å². The summed E-state index contributed by atoms with van der Waals surface area (Å²) in [6.45, 7) is 4.37. The minimum Gasteiger partial charge on any atom is -0.326 e. The van der Waals surface area contributed by atoms with E-state index in [1.54, 1.807) is 18.2 Å². The second-order valence-corrected chi connectivity index (χ2v) is 9.39. The first-order valence-corrected chi connectivity index (χ1v) is 10.8. The molecule has 3 rings (SSSR count). The van der Waals surface area contributed by atoms with Gasteiger partial charge in [-0.3, -0.25) is 4.79 Å². The summed E-state index contributed by atoms with van der Waals surface area (Å²) in [7, 11) is -3.58. The smallest absolute Gasteiger partial charge is 0.243 e. The Hall–Kier alpha value is -1.96. The molecule has 1 saturated heterocycles. The van der Waals surface area contributed by atoms with E-state index in [0.29, 0.717) is 18.5 Å². The zero-order valence-corrected chi connectivity index (χ0v) is 17.3. The van der Waals surface area contributed by atoms with Crippen LogP contribution in [0.3, 0.4) is 0 Å². The molecule has 1 fully saturated rings. The van der Waals surface area contributed by atoms with Crippen molar-refractivity contribution in [1.82, 2.24) is 4.31 Å². The van der Waals surface area contributed by atoms with Crippen LogP contribution in [-0.2, 0) is 14.8 Å². The summed E-state index contributed by atoms with van der Waals surface area (Å²) >= 11 is 5.73. The Morgan fingerprint density at radius 3 is 2.39 bits per heavy atom. The Morgan fingerprint density at radius 2 is 1.79 bits per heavy atom. The van der Waals surface area contributed by atoms with Gasteiger partial charge in [-0.25, -0.2) is 12.8 Å². The first kappa shape index (κ1) is 20.8. The summed E-state index contributed by atoms with van der Waals surface area (Å²) in [6.07, 6.45) is 0.843. The lowest BCUT2D eigenvalue weighted by Gasteiger charge is -2.30. The number of nitrogens with zero attached hydrogens (tertiary/aromatic N) is 1. The van der Waals surface area contributed by atoms with Crippen molar-refractivity contribution in [3.8, 4) is 0 Å². The highest BCUT2D eigenvalue weighted by Crippen LogP contribution is 2.26. The fourth-order valence-corrected chi connectivity index (χ4v) is 4.94. The Labute approximate surface area is 169 Å². The number of amides is 1. The number of carbonyl (C=O) groups excluding carboxylic acids is 1. The van der Waals surface area contributed by atoms with Crippen molar-refractivity contribution in [2.45, 2.75) is 31.6 Å². The quantitative estimate of drug-likeness (QED) is 0.802. The molecule has 0 unspecified atom stereocenters. The Morgan fingerprint density at radius 1 is 1.11 bits per heavy atom. The molecular weight excluding hydrogens is 403 g/mol. The van der Waals surface area contributed by atoms with Gasteiger partial charge in [0.25, 0.3) is 0 Å². The number of anilines is 1. The van der Waals surface area contributed by atoms with E-state index in [4.69, 9.17) is 11.6 Å². The van der Waals surface area contributed by atoms with Gasteiger partial charge in [0.1, 0.15) is 5.82 Å². The van der Waals surface area contributed by atoms with Crippen molar-refractivity contribution in [2.75, 3.05) is 18.4 Å². The molecule has 1 aliphatic heterocycles. The predicted molar refractivity (Wildman–Crippen MR) is 107 cm³/mol. The van der Waals surface area contributed by atoms with E-state index in [2.05, 4.69) is 5.32 Å². The molecule has 1 amide bonds. The van der Waals surface area contributed by atoms with Crippen molar-refractivity contribution in [2.24, 2.45) is 5.92 Å². The van der Waals surface area contributed by atoms with Gasteiger partial charge in [0.15, 0.2) is 0 Å². The number of nitrogens with one attached hydrogen (secondary N) is 1. The van der Waals surface area contributed by atoms with Crippen LogP contribution in [0.1, 0.15) is 24.0 Å². The zero-order chi connectivity index (χ0) is 20.5. The van der Waals surface area contributed by atoms with E-state index >= 15 is 0 Å². The molecule has 2 aromatic rings. The molecule has 150 valence electrons. The lowest BCUT2D eigenvalue weighted by atomic mass is 9.97. The van der Waals surface area contributed by atoms with E-state index in [1.807, 2.05) is 13.8 Å². The van der Waals surface area contributed by atoms with Gasteiger partial charge in [0, 0.05) is 24.7 Å². The van der Waals surface area contributed by atoms with Crippen molar-refractivity contribution in [3.63, 3.8) is 0 Å². The SMILES string of the molecule is Cc1ccc(S(=O)(=O)N2CCC(C(=O)Nc3ccc(F)c(Cl)c3)CC2)cc1C. The van der Waals surface area contributed by atoms with Crippen LogP contribution < -0.4 is 5.32 Å². The molecule has 28 heavy (non-hydrogen) atoms. The highest BCUT2D eigenvalue weighted by Gasteiger charge is 2.32. The number of rotatable bonds is 4. The van der Waals surface area contributed by atoms with E-state index in [1.165, 1.54) is 22.5 Å². The van der Waals surface area contributed by atoms with Crippen LogP contribution >= 0.6 is 11.6 Å². The molecule has 0 saturated carbocycles. The first-order valence-electron chi connectivity index (χ1n) is 9.02. The maximum absolute atomic E-state index is 13.2. The molecule has 0 radical (unpaired) electrons. The molecular formula is C20H22ClFN2O3S. The summed E-state index contributed by atoms with van der Waals surface area (Å²) in [5.41, 5.74) is 2.38. The Bertz CT molecular complexity index is 1000. The minimum atomic E-state index is -3.58. The topological polar surface area (TPSA) is 66.5 Å². The number of benzene rings is 2. The van der Waals surface area contributed by atoms with Crippen LogP contribution in [-0.4, -0.2) is 31.7 Å². The number of halogens is 2. The molecule has 0 atom stereocenters. The number of sulfonamides is 1. The van der Waals surface area contributed by atoms with Crippen molar-refractivity contribution in [1.29, 1.82) is 0 Å². The van der Waals surface area contributed by atoms with Crippen molar-refractivity contribution >= 4 is 33.2 Å². The maximum atomic E-state index is 13.2. The first-order chi connectivity index (χ1) is 13.2. The third-order valence-electron chi connectivity index (χ3n) is 5.13. The van der Waals surface area contributed by atoms with E-state index < -0.39 is 15.8 Å². The van der Waals surface area contributed by atoms with Gasteiger partial charge in [-0.15, -0.1) is 0 Å². The second kappa shape index (κ2) is 8.19. The second-order valence-electron chi connectivity index (χ2n) is 7.04. The summed E-state index contributed by atoms with van der Waals surface area (Å²) < 4.78 is 40.4. The standard InChI is InChI=1S/C20H22ClFN2O3S/c1-13-3-5-17(11-14(13)2)28(26,27)24-9-7-15(8-10-24)20(25)23-16-4-6-19(22)18(21)12-16/h3-6,11-12,15H,7-10H2,1-2H3,(H,23,25). The van der Waals surface area contributed by atoms with Gasteiger partial charge in [0.05, 0.1) is 9.92 Å². The lowest BCUT2D eigenvalue weighted by molar-refractivity contribution is -0.120. The van der Waals surface area contributed by atoms with Gasteiger partial charge in [-0.05, 0) is 68.1 Å². The van der Waals surface area contributed by atoms with Crippen LogP contribution in [0.25, 0.3) is 0 Å². The Balaban J connectivity index is 1.63. The molecule has 5 nitrogen and oxygen atoms in total. The largest absolute Gasteiger partial charge is 0.326 e. The number of hydrogen-bond acceptors (Lipinski definition) is 3. The monoisotopic (exact) mass is 424 g/mol. The third-order valence-corrected chi connectivity index (χ3v) is 7.31. The van der Waals surface area contributed by atoms with Crippen molar-refractivity contribution < 1.29 is 17.6 Å². The number of carbonyl (C=O) groups is 1. The van der Waals surface area contributed by atoms with Crippen LogP contribution in [0.2, 0.25) is 5.02 Å². The van der Waals surface area contributed by atoms with Crippen LogP contribution in [0.5, 0.6) is 0 Å². The highest BCUT2D eigenvalue weighted by atomic mass is 35.5. The van der Waals surface area contributed by atoms with Crippen LogP contribution in [0.4, 0.5) is 10.1 Å². The molecule has 0 bridgehead atoms. The van der Waals surface area contributed by atoms with Gasteiger partial charge < -0.3 is 5.32 Å². The molecule has 8 heteroatoms. The summed E-state index contributed by atoms with van der Waals surface area (Å²) in [4.78, 5) is 12.7. The maximum Gasteiger partial charge on any atom is 0.243 e. The highest BCUT2D eigenvalue weighted by molar-refractivity contribution is 7.89. The predicted octanol–water partition coefficient (Wildman–Crippen LogP) is 4.14. The lowest BCUT2D eigenvalue weighted by Crippen LogP contribution is -2.41. The summed E-state index contributed by atoms with van der Waals surface area (Å²) in [6, 6.07) is 9.09. The molecule has 0 aromatic heterocycles. The fraction of sp³-hybridized carbons (Fsp3) is 0.350. The summed E-state index contributed by atoms with van der Waals surface area (Å²) in [5.74, 6) is -1.08. The molecule has 2 aromatic carbocycles. The molecule has 1 N–H and O–H groups in total. The number of piperidine rings is 1. The normalized spacial score (nSPS) is 16.1. The van der Waals surface area contributed by atoms with Crippen LogP contribution in [0, 0.1) is 25.6 Å². The van der Waals surface area contributed by atoms with Crippen LogP contribution in [0.15, 0.2) is 41.3 Å². The van der Waals surface area contributed by atoms with Gasteiger partial charge in [-0.2, -0.15) is 4.31 Å². The van der Waals surface area contributed by atoms with E-state index in [-0.39, 0.29) is 34.8 Å². The van der Waals surface area contributed by atoms with Gasteiger partial charge in [-0.1, -0.05) is 17.7 Å². The minimum absolute atomic E-state index is 0.0629. The fourth-order valence-electron chi connectivity index (χ4n) is 3.20. The average molecular weight is 425 g/mol. The summed E-state index contributed by atoms with van der Waals surface area (Å²) in [5, 5.41) is 2.66. The Kier molecular flexibility index (Phi) is 6.07. The molecule has 0 spiro atoms. The number of aryl methyl sites for hydroxylation is 2. The molecule has 1 heterocycles. The third kappa shape index (κ3) is 4.37. The van der Waals surface area contributed by atoms with E-state index in [9.17, 15) is 17.6 Å². The zero-order valence-electron chi connectivity index (χ0n) is 15.7. The molecule has 1 aliphatic rings. The molecule has 0 aliphatic carbocycles. The van der Waals surface area contributed by atoms with E-state index in [0.717, 1.165) is 11.1 Å².